The third-order valence-corrected chi connectivity index (χ3v) is 4.26. The number of hydrogen-bond donors (Lipinski definition) is 1. The first-order chi connectivity index (χ1) is 9.51. The van der Waals surface area contributed by atoms with Gasteiger partial charge in [-0.05, 0) is 25.2 Å². The summed E-state index contributed by atoms with van der Waals surface area (Å²) in [5, 5.41) is 2.81. The van der Waals surface area contributed by atoms with Crippen LogP contribution in [0.25, 0.3) is 0 Å². The molecule has 0 aromatic heterocycles. The normalized spacial score (nSPS) is 29.7. The van der Waals surface area contributed by atoms with Gasteiger partial charge >= 0.3 is 12.0 Å². The number of imide groups is 1. The summed E-state index contributed by atoms with van der Waals surface area (Å²) in [5.41, 5.74) is -0.805. The smallest absolute Gasteiger partial charge is 0.326 e. The molecular weight excluding hydrogens is 260 g/mol. The van der Waals surface area contributed by atoms with Gasteiger partial charge in [0.1, 0.15) is 12.1 Å². The summed E-state index contributed by atoms with van der Waals surface area (Å²) in [4.78, 5) is 37.2. The summed E-state index contributed by atoms with van der Waals surface area (Å²) in [5.74, 6) is -0.705. The van der Waals surface area contributed by atoms with Crippen LogP contribution >= 0.6 is 0 Å². The zero-order chi connectivity index (χ0) is 14.8. The van der Waals surface area contributed by atoms with Gasteiger partial charge in [-0.15, -0.1) is 0 Å². The molecule has 0 bridgehead atoms. The van der Waals surface area contributed by atoms with Gasteiger partial charge < -0.3 is 10.1 Å². The second-order valence-electron chi connectivity index (χ2n) is 5.66. The van der Waals surface area contributed by atoms with Gasteiger partial charge in [-0.1, -0.05) is 26.7 Å². The summed E-state index contributed by atoms with van der Waals surface area (Å²) in [6.45, 7) is 3.89. The van der Waals surface area contributed by atoms with Gasteiger partial charge in [0.2, 0.25) is 0 Å². The molecule has 1 saturated heterocycles. The van der Waals surface area contributed by atoms with Crippen LogP contribution in [0.15, 0.2) is 0 Å². The van der Waals surface area contributed by atoms with Crippen molar-refractivity contribution in [2.45, 2.75) is 51.5 Å². The Labute approximate surface area is 118 Å². The SMILES string of the molecule is CCCOC(=O)CN1C(=O)N[C@]2(CCCC[C@H]2C)C1=O. The van der Waals surface area contributed by atoms with E-state index in [0.29, 0.717) is 19.4 Å². The van der Waals surface area contributed by atoms with Crippen LogP contribution in [-0.4, -0.2) is 41.5 Å². The van der Waals surface area contributed by atoms with Gasteiger partial charge in [-0.3, -0.25) is 14.5 Å². The molecule has 112 valence electrons. The number of hydrogen-bond acceptors (Lipinski definition) is 4. The Morgan fingerprint density at radius 3 is 2.85 bits per heavy atom. The number of carbonyl (C=O) groups is 3. The monoisotopic (exact) mass is 282 g/mol. The number of amides is 3. The standard InChI is InChI=1S/C14H22N2O4/c1-3-8-20-11(17)9-16-12(18)14(15-13(16)19)7-5-4-6-10(14)2/h10H,3-9H2,1-2H3,(H,15,19)/t10-,14+/m1/s1. The first kappa shape index (κ1) is 14.8. The largest absolute Gasteiger partial charge is 0.464 e. The van der Waals surface area contributed by atoms with Crippen molar-refractivity contribution >= 4 is 17.9 Å². The lowest BCUT2D eigenvalue weighted by Crippen LogP contribution is -2.54. The fourth-order valence-electron chi connectivity index (χ4n) is 3.03. The van der Waals surface area contributed by atoms with Gasteiger partial charge in [0.25, 0.3) is 5.91 Å². The lowest BCUT2D eigenvalue weighted by Gasteiger charge is -2.36. The number of urea groups is 1. The van der Waals surface area contributed by atoms with E-state index in [9.17, 15) is 14.4 Å². The number of ether oxygens (including phenoxy) is 1. The van der Waals surface area contributed by atoms with Crippen LogP contribution in [0.2, 0.25) is 0 Å². The summed E-state index contributed by atoms with van der Waals surface area (Å²) in [7, 11) is 0. The van der Waals surface area contributed by atoms with Crippen LogP contribution in [-0.2, 0) is 14.3 Å². The van der Waals surface area contributed by atoms with Crippen molar-refractivity contribution in [3.8, 4) is 0 Å². The van der Waals surface area contributed by atoms with Crippen LogP contribution in [0.3, 0.4) is 0 Å². The highest BCUT2D eigenvalue weighted by atomic mass is 16.5. The van der Waals surface area contributed by atoms with E-state index in [2.05, 4.69) is 5.32 Å². The summed E-state index contributed by atoms with van der Waals surface area (Å²) >= 11 is 0. The van der Waals surface area contributed by atoms with Gasteiger partial charge in [0, 0.05) is 0 Å². The minimum Gasteiger partial charge on any atom is -0.464 e. The molecule has 0 aromatic rings. The molecule has 0 aromatic carbocycles. The summed E-state index contributed by atoms with van der Waals surface area (Å²) < 4.78 is 4.94. The van der Waals surface area contributed by atoms with E-state index in [1.54, 1.807) is 0 Å². The summed E-state index contributed by atoms with van der Waals surface area (Å²) in [6.07, 6.45) is 4.28. The number of nitrogens with zero attached hydrogens (tertiary/aromatic N) is 1. The maximum absolute atomic E-state index is 12.5. The van der Waals surface area contributed by atoms with E-state index >= 15 is 0 Å². The van der Waals surface area contributed by atoms with E-state index in [1.807, 2.05) is 13.8 Å². The highest BCUT2D eigenvalue weighted by Crippen LogP contribution is 2.38. The molecule has 1 heterocycles. The van der Waals surface area contributed by atoms with Gasteiger partial charge in [0.15, 0.2) is 0 Å². The van der Waals surface area contributed by atoms with Gasteiger partial charge in [-0.25, -0.2) is 4.79 Å². The molecule has 2 atom stereocenters. The number of carbonyl (C=O) groups excluding carboxylic acids is 3. The Bertz CT molecular complexity index is 423. The lowest BCUT2D eigenvalue weighted by atomic mass is 9.73. The predicted octanol–water partition coefficient (Wildman–Crippen LogP) is 1.44. The fraction of sp³-hybridized carbons (Fsp3) is 0.786. The van der Waals surface area contributed by atoms with E-state index in [4.69, 9.17) is 4.74 Å². The Kier molecular flexibility index (Phi) is 4.30. The van der Waals surface area contributed by atoms with Crippen LogP contribution < -0.4 is 5.32 Å². The first-order valence-corrected chi connectivity index (χ1v) is 7.31. The van der Waals surface area contributed by atoms with E-state index in [0.717, 1.165) is 24.2 Å². The number of rotatable bonds is 4. The number of esters is 1. The Morgan fingerprint density at radius 2 is 2.20 bits per heavy atom. The molecule has 6 nitrogen and oxygen atoms in total. The van der Waals surface area contributed by atoms with Crippen LogP contribution in [0.5, 0.6) is 0 Å². The van der Waals surface area contributed by atoms with Crippen molar-refractivity contribution in [3.05, 3.63) is 0 Å². The zero-order valence-corrected chi connectivity index (χ0v) is 12.1. The highest BCUT2D eigenvalue weighted by molar-refractivity contribution is 6.08. The van der Waals surface area contributed by atoms with E-state index in [1.165, 1.54) is 0 Å². The minimum atomic E-state index is -0.805. The maximum atomic E-state index is 12.5. The van der Waals surface area contributed by atoms with Gasteiger partial charge in [0.05, 0.1) is 6.61 Å². The van der Waals surface area contributed by atoms with Crippen molar-refractivity contribution in [1.29, 1.82) is 0 Å². The average molecular weight is 282 g/mol. The first-order valence-electron chi connectivity index (χ1n) is 7.31. The predicted molar refractivity (Wildman–Crippen MR) is 71.9 cm³/mol. The topological polar surface area (TPSA) is 75.7 Å². The molecule has 1 saturated carbocycles. The quantitative estimate of drug-likeness (QED) is 0.625. The molecular formula is C14H22N2O4. The van der Waals surface area contributed by atoms with E-state index in [-0.39, 0.29) is 18.4 Å². The Hall–Kier alpha value is -1.59. The Morgan fingerprint density at radius 1 is 1.45 bits per heavy atom. The molecule has 2 rings (SSSR count). The average Bonchev–Trinajstić information content (AvgIpc) is 2.65. The van der Waals surface area contributed by atoms with Crippen molar-refractivity contribution in [3.63, 3.8) is 0 Å². The summed E-state index contributed by atoms with van der Waals surface area (Å²) in [6, 6.07) is -0.475. The van der Waals surface area contributed by atoms with Crippen molar-refractivity contribution in [2.75, 3.05) is 13.2 Å². The van der Waals surface area contributed by atoms with Crippen molar-refractivity contribution in [1.82, 2.24) is 10.2 Å². The second kappa shape index (κ2) is 5.81. The molecule has 0 unspecified atom stereocenters. The lowest BCUT2D eigenvalue weighted by molar-refractivity contribution is -0.148. The maximum Gasteiger partial charge on any atom is 0.326 e. The highest BCUT2D eigenvalue weighted by Gasteiger charge is 2.55. The minimum absolute atomic E-state index is 0.101. The number of nitrogens with one attached hydrogen (secondary N) is 1. The molecule has 1 aliphatic carbocycles. The molecule has 1 spiro atoms. The van der Waals surface area contributed by atoms with Crippen LogP contribution in [0.1, 0.15) is 46.0 Å². The van der Waals surface area contributed by atoms with Crippen LogP contribution in [0, 0.1) is 5.92 Å². The molecule has 1 N–H and O–H groups in total. The van der Waals surface area contributed by atoms with Crippen LogP contribution in [0.4, 0.5) is 4.79 Å². The van der Waals surface area contributed by atoms with Crippen molar-refractivity contribution in [2.24, 2.45) is 5.92 Å². The molecule has 0 radical (unpaired) electrons. The van der Waals surface area contributed by atoms with Crippen molar-refractivity contribution < 1.29 is 19.1 Å². The Balaban J connectivity index is 2.07. The fourth-order valence-corrected chi connectivity index (χ4v) is 3.03. The third-order valence-electron chi connectivity index (χ3n) is 4.26. The molecule has 3 amide bonds. The molecule has 6 heteroatoms. The van der Waals surface area contributed by atoms with E-state index < -0.39 is 17.5 Å². The third kappa shape index (κ3) is 2.51. The molecule has 2 aliphatic rings. The zero-order valence-electron chi connectivity index (χ0n) is 12.1. The molecule has 20 heavy (non-hydrogen) atoms. The van der Waals surface area contributed by atoms with Gasteiger partial charge in [-0.2, -0.15) is 0 Å². The second-order valence-corrected chi connectivity index (χ2v) is 5.66. The molecule has 2 fully saturated rings. The molecule has 1 aliphatic heterocycles.